The number of phenols is 1. The van der Waals surface area contributed by atoms with Crippen LogP contribution in [0.2, 0.25) is 0 Å². The van der Waals surface area contributed by atoms with Gasteiger partial charge in [0.05, 0.1) is 23.8 Å². The molecule has 3 aromatic rings. The van der Waals surface area contributed by atoms with E-state index in [1.807, 2.05) is 24.3 Å². The zero-order chi connectivity index (χ0) is 13.4. The second-order valence-corrected chi connectivity index (χ2v) is 4.15. The number of hydrogen-bond acceptors (Lipinski definition) is 4. The fourth-order valence-corrected chi connectivity index (χ4v) is 2.11. The smallest absolute Gasteiger partial charge is 0.206 e. The average Bonchev–Trinajstić information content (AvgIpc) is 2.75. The molecular weight excluding hydrogens is 242 g/mol. The van der Waals surface area contributed by atoms with Gasteiger partial charge in [-0.15, -0.1) is 0 Å². The maximum absolute atomic E-state index is 10.0. The number of anilines is 1. The molecule has 2 aromatic carbocycles. The van der Waals surface area contributed by atoms with E-state index in [4.69, 9.17) is 10.5 Å². The molecule has 0 saturated heterocycles. The fraction of sp³-hybridized carbons (Fsp3) is 0.0714. The van der Waals surface area contributed by atoms with Gasteiger partial charge in [0, 0.05) is 6.07 Å². The SMILES string of the molecule is COc1ccc(O)c(-n2c(N)nc3ccccc32)c1. The van der Waals surface area contributed by atoms with Gasteiger partial charge in [0.15, 0.2) is 0 Å². The molecule has 0 spiro atoms. The molecule has 0 aliphatic rings. The van der Waals surface area contributed by atoms with Crippen molar-refractivity contribution in [3.8, 4) is 17.2 Å². The van der Waals surface area contributed by atoms with E-state index >= 15 is 0 Å². The third kappa shape index (κ3) is 1.76. The zero-order valence-corrected chi connectivity index (χ0v) is 10.4. The molecule has 0 fully saturated rings. The summed E-state index contributed by atoms with van der Waals surface area (Å²) in [5.74, 6) is 1.09. The Hall–Kier alpha value is -2.69. The van der Waals surface area contributed by atoms with Crippen LogP contribution in [-0.2, 0) is 0 Å². The van der Waals surface area contributed by atoms with Crippen LogP contribution in [0.3, 0.4) is 0 Å². The van der Waals surface area contributed by atoms with Gasteiger partial charge in [-0.3, -0.25) is 4.57 Å². The lowest BCUT2D eigenvalue weighted by Crippen LogP contribution is -2.01. The predicted molar refractivity (Wildman–Crippen MR) is 73.7 cm³/mol. The molecule has 19 heavy (non-hydrogen) atoms. The second-order valence-electron chi connectivity index (χ2n) is 4.15. The molecule has 0 radical (unpaired) electrons. The number of imidazole rings is 1. The summed E-state index contributed by atoms with van der Waals surface area (Å²) in [7, 11) is 1.57. The first-order valence-corrected chi connectivity index (χ1v) is 5.81. The Balaban J connectivity index is 2.32. The van der Waals surface area contributed by atoms with Crippen LogP contribution in [-0.4, -0.2) is 21.8 Å². The first-order valence-electron chi connectivity index (χ1n) is 5.81. The first kappa shape index (κ1) is 11.4. The van der Waals surface area contributed by atoms with Crippen molar-refractivity contribution in [1.29, 1.82) is 0 Å². The van der Waals surface area contributed by atoms with Crippen LogP contribution in [0.5, 0.6) is 11.5 Å². The molecule has 0 aliphatic carbocycles. The summed E-state index contributed by atoms with van der Waals surface area (Å²) in [6.07, 6.45) is 0. The van der Waals surface area contributed by atoms with Crippen molar-refractivity contribution in [2.75, 3.05) is 12.8 Å². The number of aromatic hydroxyl groups is 1. The number of methoxy groups -OCH3 is 1. The van der Waals surface area contributed by atoms with Crippen LogP contribution in [0.15, 0.2) is 42.5 Å². The quantitative estimate of drug-likeness (QED) is 0.737. The minimum atomic E-state index is 0.121. The number of rotatable bonds is 2. The number of nitrogens with two attached hydrogens (primary N) is 1. The minimum Gasteiger partial charge on any atom is -0.506 e. The maximum atomic E-state index is 10.0. The maximum Gasteiger partial charge on any atom is 0.206 e. The van der Waals surface area contributed by atoms with Gasteiger partial charge >= 0.3 is 0 Å². The van der Waals surface area contributed by atoms with E-state index in [9.17, 15) is 5.11 Å². The molecule has 1 heterocycles. The number of ether oxygens (including phenoxy) is 1. The molecule has 0 atom stereocenters. The van der Waals surface area contributed by atoms with Crippen molar-refractivity contribution in [3.63, 3.8) is 0 Å². The van der Waals surface area contributed by atoms with Crippen LogP contribution in [0.25, 0.3) is 16.7 Å². The number of phenolic OH excluding ortho intramolecular Hbond substituents is 1. The Labute approximate surface area is 109 Å². The van der Waals surface area contributed by atoms with Crippen molar-refractivity contribution < 1.29 is 9.84 Å². The van der Waals surface area contributed by atoms with E-state index in [0.717, 1.165) is 11.0 Å². The number of nitrogen functional groups attached to an aromatic ring is 1. The highest BCUT2D eigenvalue weighted by Crippen LogP contribution is 2.31. The van der Waals surface area contributed by atoms with Gasteiger partial charge in [0.2, 0.25) is 5.95 Å². The summed E-state index contributed by atoms with van der Waals surface area (Å²) in [4.78, 5) is 4.27. The van der Waals surface area contributed by atoms with E-state index < -0.39 is 0 Å². The van der Waals surface area contributed by atoms with Crippen LogP contribution >= 0.6 is 0 Å². The van der Waals surface area contributed by atoms with E-state index in [-0.39, 0.29) is 5.75 Å². The molecule has 5 heteroatoms. The van der Waals surface area contributed by atoms with E-state index in [0.29, 0.717) is 17.4 Å². The lowest BCUT2D eigenvalue weighted by molar-refractivity contribution is 0.412. The largest absolute Gasteiger partial charge is 0.506 e. The third-order valence-electron chi connectivity index (χ3n) is 3.01. The van der Waals surface area contributed by atoms with Gasteiger partial charge in [0.1, 0.15) is 11.5 Å². The molecule has 0 aliphatic heterocycles. The first-order chi connectivity index (χ1) is 9.20. The molecule has 3 N–H and O–H groups in total. The van der Waals surface area contributed by atoms with Crippen molar-refractivity contribution in [2.24, 2.45) is 0 Å². The van der Waals surface area contributed by atoms with E-state index in [2.05, 4.69) is 4.98 Å². The van der Waals surface area contributed by atoms with Crippen LogP contribution in [0.1, 0.15) is 0 Å². The number of aromatic nitrogens is 2. The average molecular weight is 255 g/mol. The number of para-hydroxylation sites is 2. The lowest BCUT2D eigenvalue weighted by atomic mass is 10.2. The van der Waals surface area contributed by atoms with Crippen LogP contribution < -0.4 is 10.5 Å². The molecule has 0 amide bonds. The summed E-state index contributed by atoms with van der Waals surface area (Å²) >= 11 is 0. The number of nitrogens with zero attached hydrogens (tertiary/aromatic N) is 2. The molecule has 0 saturated carbocycles. The van der Waals surface area contributed by atoms with E-state index in [1.165, 1.54) is 0 Å². The van der Waals surface area contributed by atoms with Gasteiger partial charge in [-0.25, -0.2) is 4.98 Å². The van der Waals surface area contributed by atoms with Crippen molar-refractivity contribution >= 4 is 17.0 Å². The summed E-state index contributed by atoms with van der Waals surface area (Å²) in [5, 5.41) is 10.0. The number of fused-ring (bicyclic) bond motifs is 1. The van der Waals surface area contributed by atoms with Crippen molar-refractivity contribution in [2.45, 2.75) is 0 Å². The summed E-state index contributed by atoms with van der Waals surface area (Å²) in [6.45, 7) is 0. The molecule has 3 rings (SSSR count). The highest BCUT2D eigenvalue weighted by atomic mass is 16.5. The Morgan fingerprint density at radius 1 is 1.21 bits per heavy atom. The number of hydrogen-bond donors (Lipinski definition) is 2. The normalized spacial score (nSPS) is 10.8. The minimum absolute atomic E-state index is 0.121. The van der Waals surface area contributed by atoms with Crippen LogP contribution in [0.4, 0.5) is 5.95 Å². The highest BCUT2D eigenvalue weighted by Gasteiger charge is 2.13. The predicted octanol–water partition coefficient (Wildman–Crippen LogP) is 2.32. The van der Waals surface area contributed by atoms with Crippen molar-refractivity contribution in [1.82, 2.24) is 9.55 Å². The topological polar surface area (TPSA) is 73.3 Å². The standard InChI is InChI=1S/C14H13N3O2/c1-19-9-6-7-13(18)12(8-9)17-11-5-3-2-4-10(11)16-14(17)15/h2-8,18H,1H3,(H2,15,16). The van der Waals surface area contributed by atoms with Gasteiger partial charge in [-0.05, 0) is 24.3 Å². The Kier molecular flexibility index (Phi) is 2.52. The molecule has 1 aromatic heterocycles. The lowest BCUT2D eigenvalue weighted by Gasteiger charge is -2.10. The molecular formula is C14H13N3O2. The highest BCUT2D eigenvalue weighted by molar-refractivity contribution is 5.81. The fourth-order valence-electron chi connectivity index (χ4n) is 2.11. The van der Waals surface area contributed by atoms with Gasteiger partial charge in [0.25, 0.3) is 0 Å². The third-order valence-corrected chi connectivity index (χ3v) is 3.01. The van der Waals surface area contributed by atoms with Crippen LogP contribution in [0, 0.1) is 0 Å². The molecule has 5 nitrogen and oxygen atoms in total. The molecule has 0 bridgehead atoms. The van der Waals surface area contributed by atoms with Crippen molar-refractivity contribution in [3.05, 3.63) is 42.5 Å². The van der Waals surface area contributed by atoms with Gasteiger partial charge < -0.3 is 15.6 Å². The molecule has 0 unspecified atom stereocenters. The zero-order valence-electron chi connectivity index (χ0n) is 10.4. The Morgan fingerprint density at radius 2 is 2.00 bits per heavy atom. The summed E-state index contributed by atoms with van der Waals surface area (Å²) in [6, 6.07) is 12.6. The monoisotopic (exact) mass is 255 g/mol. The molecule has 96 valence electrons. The van der Waals surface area contributed by atoms with Gasteiger partial charge in [-0.2, -0.15) is 0 Å². The Morgan fingerprint density at radius 3 is 2.79 bits per heavy atom. The summed E-state index contributed by atoms with van der Waals surface area (Å²) in [5.41, 5.74) is 8.11. The summed E-state index contributed by atoms with van der Waals surface area (Å²) < 4.78 is 6.88. The Bertz CT molecular complexity index is 750. The second kappa shape index (κ2) is 4.20. The number of benzene rings is 2. The van der Waals surface area contributed by atoms with E-state index in [1.54, 1.807) is 29.9 Å². The van der Waals surface area contributed by atoms with Gasteiger partial charge in [-0.1, -0.05) is 12.1 Å².